The first kappa shape index (κ1) is 14.7. The van der Waals surface area contributed by atoms with Crippen molar-refractivity contribution in [2.45, 2.75) is 25.8 Å². The Kier molecular flexibility index (Phi) is 3.41. The minimum atomic E-state index is -0.492. The maximum Gasteiger partial charge on any atom is 0.359 e. The van der Waals surface area contributed by atoms with Crippen LogP contribution in [0.3, 0.4) is 0 Å². The molecule has 1 fully saturated rings. The number of carbonyl (C=O) groups excluding carboxylic acids is 1. The first-order valence-corrected chi connectivity index (χ1v) is 8.03. The van der Waals surface area contributed by atoms with E-state index >= 15 is 0 Å². The molecule has 0 radical (unpaired) electrons. The average Bonchev–Trinajstić information content (AvgIpc) is 3.26. The van der Waals surface area contributed by atoms with Crippen molar-refractivity contribution >= 4 is 23.3 Å². The van der Waals surface area contributed by atoms with E-state index in [2.05, 4.69) is 4.98 Å². The van der Waals surface area contributed by atoms with Gasteiger partial charge in [0.25, 0.3) is 0 Å². The summed E-state index contributed by atoms with van der Waals surface area (Å²) in [6, 6.07) is 4.78. The van der Waals surface area contributed by atoms with Gasteiger partial charge < -0.3 is 15.0 Å². The predicted molar refractivity (Wildman–Crippen MR) is 84.0 cm³/mol. The van der Waals surface area contributed by atoms with Crippen molar-refractivity contribution in [2.75, 3.05) is 6.61 Å². The highest BCUT2D eigenvalue weighted by Gasteiger charge is 2.36. The van der Waals surface area contributed by atoms with E-state index in [9.17, 15) is 10.0 Å². The summed E-state index contributed by atoms with van der Waals surface area (Å²) >= 11 is 6.18. The molecule has 23 heavy (non-hydrogen) atoms. The number of imidazole rings is 1. The molecule has 6 nitrogen and oxygen atoms in total. The van der Waals surface area contributed by atoms with Gasteiger partial charge in [-0.2, -0.15) is 0 Å². The Morgan fingerprint density at radius 3 is 3.04 bits per heavy atom. The van der Waals surface area contributed by atoms with Gasteiger partial charge in [0.05, 0.1) is 6.61 Å². The minimum Gasteiger partial charge on any atom is -0.628 e. The quantitative estimate of drug-likeness (QED) is 0.690. The molecule has 1 aromatic carbocycles. The van der Waals surface area contributed by atoms with Gasteiger partial charge in [0.2, 0.25) is 0 Å². The molecule has 2 aliphatic rings. The maximum atomic E-state index is 12.7. The molecule has 1 N–H and O–H groups in total. The number of benzene rings is 1. The third kappa shape index (κ3) is 2.34. The fraction of sp³-hybridized carbons (Fsp3) is 0.375. The van der Waals surface area contributed by atoms with Gasteiger partial charge in [0.1, 0.15) is 28.8 Å². The third-order valence-corrected chi connectivity index (χ3v) is 4.76. The van der Waals surface area contributed by atoms with Crippen LogP contribution in [-0.2, 0) is 4.74 Å². The van der Waals surface area contributed by atoms with E-state index in [1.807, 2.05) is 0 Å². The number of hydroxylamine groups is 1. The number of nitrogens with one attached hydrogen (secondary N) is 1. The number of quaternary nitrogens is 1. The summed E-state index contributed by atoms with van der Waals surface area (Å²) in [6.07, 6.45) is 3.77. The largest absolute Gasteiger partial charge is 0.628 e. The first-order valence-electron chi connectivity index (χ1n) is 7.65. The number of rotatable bonds is 3. The molecule has 0 saturated heterocycles. The van der Waals surface area contributed by atoms with Crippen molar-refractivity contribution in [2.24, 2.45) is 5.92 Å². The van der Waals surface area contributed by atoms with Gasteiger partial charge >= 0.3 is 5.97 Å². The summed E-state index contributed by atoms with van der Waals surface area (Å²) in [5.74, 6) is 0.0201. The lowest BCUT2D eigenvalue weighted by Gasteiger charge is -2.35. The standard InChI is InChI=1S/C16H16ClN3O3/c1-9-14-13(16(21)23-7-10-5-6-10)18-8-19(14)12-4-2-3-11(17)15(12)20(9)22/h2-4,8-10,20H,5-7H2,1H3. The van der Waals surface area contributed by atoms with Crippen LogP contribution in [0.2, 0.25) is 5.02 Å². The molecule has 4 rings (SSSR count). The number of nitrogens with zero attached hydrogens (tertiary/aromatic N) is 2. The molecule has 0 bridgehead atoms. The number of para-hydroxylation sites is 1. The number of hydrogen-bond acceptors (Lipinski definition) is 4. The molecule has 7 heteroatoms. The maximum absolute atomic E-state index is 12.7. The lowest BCUT2D eigenvalue weighted by Crippen LogP contribution is -3.03. The van der Waals surface area contributed by atoms with Crippen molar-refractivity contribution in [3.8, 4) is 5.69 Å². The van der Waals surface area contributed by atoms with Crippen LogP contribution in [0.5, 0.6) is 0 Å². The molecule has 2 heterocycles. The Bertz CT molecular complexity index is 785. The second-order valence-corrected chi connectivity index (χ2v) is 6.52. The van der Waals surface area contributed by atoms with Crippen LogP contribution in [-0.4, -0.2) is 22.1 Å². The van der Waals surface area contributed by atoms with Gasteiger partial charge in [0.15, 0.2) is 11.4 Å². The fourth-order valence-corrected chi connectivity index (χ4v) is 3.23. The van der Waals surface area contributed by atoms with E-state index in [-0.39, 0.29) is 10.8 Å². The zero-order valence-electron chi connectivity index (χ0n) is 12.6. The Hall–Kier alpha value is -1.89. The van der Waals surface area contributed by atoms with Crippen LogP contribution in [0.15, 0.2) is 24.5 Å². The van der Waals surface area contributed by atoms with Crippen LogP contribution < -0.4 is 5.06 Å². The van der Waals surface area contributed by atoms with Crippen molar-refractivity contribution in [3.63, 3.8) is 0 Å². The van der Waals surface area contributed by atoms with Gasteiger partial charge in [-0.3, -0.25) is 4.57 Å². The number of fused-ring (bicyclic) bond motifs is 3. The third-order valence-electron chi connectivity index (χ3n) is 4.45. The highest BCUT2D eigenvalue weighted by atomic mass is 35.5. The van der Waals surface area contributed by atoms with Gasteiger partial charge in [-0.1, -0.05) is 17.7 Å². The van der Waals surface area contributed by atoms with Crippen LogP contribution >= 0.6 is 11.6 Å². The summed E-state index contributed by atoms with van der Waals surface area (Å²) in [4.78, 5) is 16.5. The normalized spacial score (nSPS) is 22.4. The Morgan fingerprint density at radius 1 is 1.52 bits per heavy atom. The van der Waals surface area contributed by atoms with Crippen molar-refractivity contribution in [1.29, 1.82) is 0 Å². The van der Waals surface area contributed by atoms with Crippen molar-refractivity contribution in [3.05, 3.63) is 46.1 Å². The number of aromatic nitrogens is 2. The monoisotopic (exact) mass is 333 g/mol. The first-order chi connectivity index (χ1) is 11.1. The number of carbonyl (C=O) groups is 1. The second-order valence-electron chi connectivity index (χ2n) is 6.11. The molecule has 1 aliphatic carbocycles. The Balaban J connectivity index is 1.76. The smallest absolute Gasteiger partial charge is 0.359 e. The van der Waals surface area contributed by atoms with E-state index in [4.69, 9.17) is 16.3 Å². The summed E-state index contributed by atoms with van der Waals surface area (Å²) in [5, 5.41) is 13.0. The van der Waals surface area contributed by atoms with Gasteiger partial charge in [0, 0.05) is 0 Å². The van der Waals surface area contributed by atoms with Crippen LogP contribution in [0.1, 0.15) is 42.0 Å². The van der Waals surface area contributed by atoms with Gasteiger partial charge in [-0.15, -0.1) is 0 Å². The van der Waals surface area contributed by atoms with Crippen LogP contribution in [0, 0.1) is 11.1 Å². The van der Waals surface area contributed by atoms with E-state index in [0.717, 1.165) is 12.8 Å². The molecule has 1 aromatic heterocycles. The van der Waals surface area contributed by atoms with E-state index in [1.54, 1.807) is 36.0 Å². The van der Waals surface area contributed by atoms with Crippen LogP contribution in [0.25, 0.3) is 5.69 Å². The lowest BCUT2D eigenvalue weighted by atomic mass is 10.1. The molecule has 1 aliphatic heterocycles. The topological polar surface area (TPSA) is 71.6 Å². The number of hydrogen-bond donors (Lipinski definition) is 1. The number of esters is 1. The van der Waals surface area contributed by atoms with E-state index in [1.165, 1.54) is 0 Å². The zero-order valence-corrected chi connectivity index (χ0v) is 13.3. The molecular formula is C16H16ClN3O3. The molecule has 0 spiro atoms. The zero-order chi connectivity index (χ0) is 16.1. The number of ether oxygens (including phenoxy) is 1. The molecule has 120 valence electrons. The SMILES string of the molecule is CC1c2c(C(=O)OCC3CC3)ncn2-c2cccc(Cl)c2[NH+]1[O-]. The molecular weight excluding hydrogens is 318 g/mol. The molecule has 0 amide bonds. The highest BCUT2D eigenvalue weighted by Crippen LogP contribution is 2.34. The van der Waals surface area contributed by atoms with Crippen LogP contribution in [0.4, 0.5) is 5.69 Å². The lowest BCUT2D eigenvalue weighted by molar-refractivity contribution is -0.813. The fourth-order valence-electron chi connectivity index (χ4n) is 2.97. The summed E-state index contributed by atoms with van der Waals surface area (Å²) < 4.78 is 7.08. The second kappa shape index (κ2) is 5.33. The van der Waals surface area contributed by atoms with E-state index in [0.29, 0.717) is 34.6 Å². The van der Waals surface area contributed by atoms with Gasteiger partial charge in [-0.25, -0.2) is 9.78 Å². The summed E-state index contributed by atoms with van der Waals surface area (Å²) in [6.45, 7) is 2.19. The minimum absolute atomic E-state index is 0.102. The Labute approximate surface area is 138 Å². The highest BCUT2D eigenvalue weighted by molar-refractivity contribution is 6.33. The summed E-state index contributed by atoms with van der Waals surface area (Å²) in [5.41, 5.74) is 1.93. The molecule has 2 unspecified atom stereocenters. The molecule has 1 saturated carbocycles. The average molecular weight is 334 g/mol. The van der Waals surface area contributed by atoms with Crippen molar-refractivity contribution in [1.82, 2.24) is 9.55 Å². The predicted octanol–water partition coefficient (Wildman–Crippen LogP) is 2.18. The molecule has 2 atom stereocenters. The summed E-state index contributed by atoms with van der Waals surface area (Å²) in [7, 11) is 0. The number of halogens is 1. The van der Waals surface area contributed by atoms with Gasteiger partial charge in [-0.05, 0) is 37.8 Å². The molecule has 2 aromatic rings. The van der Waals surface area contributed by atoms with Crippen molar-refractivity contribution < 1.29 is 14.6 Å². The Morgan fingerprint density at radius 2 is 2.30 bits per heavy atom. The van der Waals surface area contributed by atoms with E-state index < -0.39 is 12.0 Å².